The highest BCUT2D eigenvalue weighted by atomic mass is 16.4. The number of rotatable bonds is 4. The fraction of sp³-hybridized carbons (Fsp3) is 0.500. The smallest absolute Gasteiger partial charge is 0.326 e. The molecular weight excluding hydrogens is 262 g/mol. The zero-order chi connectivity index (χ0) is 14.1. The molecule has 0 saturated carbocycles. The Morgan fingerprint density at radius 3 is 3.05 bits per heavy atom. The molecule has 106 valence electrons. The van der Waals surface area contributed by atoms with Crippen LogP contribution in [-0.4, -0.2) is 55.1 Å². The van der Waals surface area contributed by atoms with E-state index < -0.39 is 12.0 Å². The van der Waals surface area contributed by atoms with Crippen molar-refractivity contribution in [1.29, 1.82) is 0 Å². The lowest BCUT2D eigenvalue weighted by Gasteiger charge is -2.22. The maximum Gasteiger partial charge on any atom is 0.326 e. The molecule has 2 aromatic rings. The second-order valence-corrected chi connectivity index (χ2v) is 4.72. The highest BCUT2D eigenvalue weighted by Gasteiger charge is 2.32. The van der Waals surface area contributed by atoms with Crippen LogP contribution < -0.4 is 4.90 Å². The summed E-state index contributed by atoms with van der Waals surface area (Å²) < 4.78 is 1.59. The minimum absolute atomic E-state index is 0.0302. The molecule has 2 aromatic heterocycles. The molecule has 1 atom stereocenters. The average Bonchev–Trinajstić information content (AvgIpc) is 3.06. The molecule has 0 amide bonds. The number of hydrogen-bond donors (Lipinski definition) is 2. The van der Waals surface area contributed by atoms with E-state index in [0.29, 0.717) is 36.4 Å². The number of carbonyl (C=O) groups is 1. The van der Waals surface area contributed by atoms with Gasteiger partial charge in [-0.1, -0.05) is 0 Å². The minimum Gasteiger partial charge on any atom is -0.480 e. The zero-order valence-electron chi connectivity index (χ0n) is 10.8. The Balaban J connectivity index is 2.05. The van der Waals surface area contributed by atoms with E-state index in [9.17, 15) is 9.90 Å². The van der Waals surface area contributed by atoms with Gasteiger partial charge >= 0.3 is 5.97 Å². The van der Waals surface area contributed by atoms with Crippen molar-refractivity contribution >= 4 is 22.8 Å². The predicted octanol–water partition coefficient (Wildman–Crippen LogP) is -0.128. The monoisotopic (exact) mass is 277 g/mol. The van der Waals surface area contributed by atoms with Gasteiger partial charge < -0.3 is 15.1 Å². The molecule has 2 N–H and O–H groups in total. The largest absolute Gasteiger partial charge is 0.480 e. The molecule has 20 heavy (non-hydrogen) atoms. The van der Waals surface area contributed by atoms with Crippen LogP contribution in [0.5, 0.6) is 0 Å². The van der Waals surface area contributed by atoms with Crippen LogP contribution in [0, 0.1) is 0 Å². The molecule has 0 aromatic carbocycles. The molecular formula is C12H15N5O3. The predicted molar refractivity (Wildman–Crippen MR) is 70.4 cm³/mol. The molecule has 0 radical (unpaired) electrons. The van der Waals surface area contributed by atoms with E-state index in [0.717, 1.165) is 6.42 Å². The number of carboxylic acid groups (broad SMARTS) is 1. The van der Waals surface area contributed by atoms with Crippen molar-refractivity contribution in [2.45, 2.75) is 25.4 Å². The van der Waals surface area contributed by atoms with Crippen molar-refractivity contribution in [3.05, 3.63) is 12.5 Å². The molecule has 1 unspecified atom stereocenters. The SMILES string of the molecule is O=C(O)C1CCCN1c1ncnc2c1cnn2CCO. The molecule has 1 aliphatic rings. The number of carboxylic acids is 1. The number of anilines is 1. The lowest BCUT2D eigenvalue weighted by molar-refractivity contribution is -0.138. The quantitative estimate of drug-likeness (QED) is 0.802. The van der Waals surface area contributed by atoms with Crippen LogP contribution in [0.2, 0.25) is 0 Å². The van der Waals surface area contributed by atoms with E-state index in [1.807, 2.05) is 0 Å². The van der Waals surface area contributed by atoms with Crippen LogP contribution in [0.1, 0.15) is 12.8 Å². The Kier molecular flexibility index (Phi) is 3.23. The van der Waals surface area contributed by atoms with Gasteiger partial charge in [0.25, 0.3) is 0 Å². The van der Waals surface area contributed by atoms with E-state index >= 15 is 0 Å². The molecule has 3 heterocycles. The van der Waals surface area contributed by atoms with Crippen LogP contribution in [0.25, 0.3) is 11.0 Å². The van der Waals surface area contributed by atoms with Crippen molar-refractivity contribution in [2.75, 3.05) is 18.1 Å². The topological polar surface area (TPSA) is 104 Å². The van der Waals surface area contributed by atoms with Crippen LogP contribution in [0.15, 0.2) is 12.5 Å². The van der Waals surface area contributed by atoms with Gasteiger partial charge in [0.15, 0.2) is 5.65 Å². The van der Waals surface area contributed by atoms with Crippen molar-refractivity contribution in [1.82, 2.24) is 19.7 Å². The van der Waals surface area contributed by atoms with Gasteiger partial charge in [-0.3, -0.25) is 0 Å². The van der Waals surface area contributed by atoms with Gasteiger partial charge in [0.05, 0.1) is 24.7 Å². The molecule has 8 nitrogen and oxygen atoms in total. The third-order valence-electron chi connectivity index (χ3n) is 3.53. The van der Waals surface area contributed by atoms with Crippen LogP contribution >= 0.6 is 0 Å². The fourth-order valence-corrected chi connectivity index (χ4v) is 2.64. The fourth-order valence-electron chi connectivity index (χ4n) is 2.64. The van der Waals surface area contributed by atoms with Crippen molar-refractivity contribution < 1.29 is 15.0 Å². The van der Waals surface area contributed by atoms with Gasteiger partial charge in [-0.25, -0.2) is 19.4 Å². The standard InChI is InChI=1S/C12H15N5O3/c18-5-4-17-11-8(6-15-17)10(13-7-14-11)16-3-1-2-9(16)12(19)20/h6-7,9,18H,1-5H2,(H,19,20). The van der Waals surface area contributed by atoms with Gasteiger partial charge in [0.2, 0.25) is 0 Å². The number of aromatic nitrogens is 4. The molecule has 8 heteroatoms. The third kappa shape index (κ3) is 1.97. The van der Waals surface area contributed by atoms with Crippen molar-refractivity contribution in [3.63, 3.8) is 0 Å². The molecule has 0 bridgehead atoms. The summed E-state index contributed by atoms with van der Waals surface area (Å²) in [6.07, 6.45) is 4.47. The Bertz CT molecular complexity index is 641. The number of nitrogens with zero attached hydrogens (tertiary/aromatic N) is 5. The third-order valence-corrected chi connectivity index (χ3v) is 3.53. The number of aliphatic carboxylic acids is 1. The van der Waals surface area contributed by atoms with E-state index in [2.05, 4.69) is 15.1 Å². The second kappa shape index (κ2) is 5.04. The summed E-state index contributed by atoms with van der Waals surface area (Å²) >= 11 is 0. The van der Waals surface area contributed by atoms with Gasteiger partial charge in [0, 0.05) is 6.54 Å². The number of aliphatic hydroxyl groups excluding tert-OH is 1. The first-order chi connectivity index (χ1) is 9.72. The Hall–Kier alpha value is -2.22. The Morgan fingerprint density at radius 2 is 2.30 bits per heavy atom. The first-order valence-corrected chi connectivity index (χ1v) is 6.49. The summed E-state index contributed by atoms with van der Waals surface area (Å²) in [5.41, 5.74) is 0.611. The average molecular weight is 277 g/mol. The highest BCUT2D eigenvalue weighted by Crippen LogP contribution is 2.29. The lowest BCUT2D eigenvalue weighted by atomic mass is 10.2. The maximum absolute atomic E-state index is 11.3. The molecule has 1 fully saturated rings. The Morgan fingerprint density at radius 1 is 1.45 bits per heavy atom. The number of hydrogen-bond acceptors (Lipinski definition) is 6. The van der Waals surface area contributed by atoms with E-state index in [1.54, 1.807) is 15.8 Å². The maximum atomic E-state index is 11.3. The van der Waals surface area contributed by atoms with Gasteiger partial charge in [-0.15, -0.1) is 0 Å². The highest BCUT2D eigenvalue weighted by molar-refractivity contribution is 5.89. The zero-order valence-corrected chi connectivity index (χ0v) is 10.8. The number of fused-ring (bicyclic) bond motifs is 1. The van der Waals surface area contributed by atoms with Gasteiger partial charge in [0.1, 0.15) is 18.2 Å². The second-order valence-electron chi connectivity index (χ2n) is 4.72. The van der Waals surface area contributed by atoms with E-state index in [1.165, 1.54) is 6.33 Å². The van der Waals surface area contributed by atoms with Crippen LogP contribution in [0.3, 0.4) is 0 Å². The summed E-state index contributed by atoms with van der Waals surface area (Å²) in [7, 11) is 0. The van der Waals surface area contributed by atoms with Crippen LogP contribution in [-0.2, 0) is 11.3 Å². The van der Waals surface area contributed by atoms with Crippen molar-refractivity contribution in [2.24, 2.45) is 0 Å². The lowest BCUT2D eigenvalue weighted by Crippen LogP contribution is -2.36. The summed E-state index contributed by atoms with van der Waals surface area (Å²) in [6.45, 7) is 0.980. The van der Waals surface area contributed by atoms with Gasteiger partial charge in [-0.2, -0.15) is 5.10 Å². The van der Waals surface area contributed by atoms with E-state index in [-0.39, 0.29) is 6.61 Å². The summed E-state index contributed by atoms with van der Waals surface area (Å²) in [6, 6.07) is -0.547. The molecule has 0 aliphatic carbocycles. The number of aliphatic hydroxyl groups is 1. The molecule has 1 saturated heterocycles. The summed E-state index contributed by atoms with van der Waals surface area (Å²) in [5.74, 6) is -0.235. The van der Waals surface area contributed by atoms with Gasteiger partial charge in [-0.05, 0) is 12.8 Å². The summed E-state index contributed by atoms with van der Waals surface area (Å²) in [5, 5.41) is 23.2. The molecule has 1 aliphatic heterocycles. The first kappa shape index (κ1) is 12.8. The summed E-state index contributed by atoms with van der Waals surface area (Å²) in [4.78, 5) is 21.5. The molecule has 0 spiro atoms. The van der Waals surface area contributed by atoms with Crippen molar-refractivity contribution in [3.8, 4) is 0 Å². The molecule has 3 rings (SSSR count). The minimum atomic E-state index is -0.836. The van der Waals surface area contributed by atoms with E-state index in [4.69, 9.17) is 5.11 Å². The van der Waals surface area contributed by atoms with Crippen LogP contribution in [0.4, 0.5) is 5.82 Å². The first-order valence-electron chi connectivity index (χ1n) is 6.49. The Labute approximate surface area is 114 Å². The normalized spacial score (nSPS) is 18.9.